The number of hydrogen-bond donors (Lipinski definition) is 1. The first kappa shape index (κ1) is 15.4. The zero-order valence-electron chi connectivity index (χ0n) is 9.99. The summed E-state index contributed by atoms with van der Waals surface area (Å²) >= 11 is 2.83. The molecule has 0 aliphatic rings. The van der Waals surface area contributed by atoms with Crippen molar-refractivity contribution < 1.29 is 26.7 Å². The molecule has 0 radical (unpaired) electrons. The minimum Gasteiger partial charge on any atom is -0.317 e. The zero-order chi connectivity index (χ0) is 15.7. The number of carbonyl (C=O) groups excluding carboxylic acids is 1. The largest absolute Gasteiger partial charge is 0.317 e. The fourth-order valence-electron chi connectivity index (χ4n) is 1.51. The van der Waals surface area contributed by atoms with Crippen molar-refractivity contribution in [3.63, 3.8) is 0 Å². The van der Waals surface area contributed by atoms with Crippen molar-refractivity contribution >= 4 is 27.5 Å². The van der Waals surface area contributed by atoms with Crippen LogP contribution in [0.3, 0.4) is 0 Å². The molecule has 2 aromatic rings. The van der Waals surface area contributed by atoms with E-state index in [4.69, 9.17) is 0 Å². The van der Waals surface area contributed by atoms with Gasteiger partial charge >= 0.3 is 0 Å². The van der Waals surface area contributed by atoms with Crippen LogP contribution in [-0.4, -0.2) is 5.91 Å². The number of rotatable bonds is 2. The maximum atomic E-state index is 13.4. The average Bonchev–Trinajstić information content (AvgIpc) is 2.44. The van der Waals surface area contributed by atoms with Crippen LogP contribution in [0.2, 0.25) is 0 Å². The van der Waals surface area contributed by atoms with E-state index in [2.05, 4.69) is 15.9 Å². The molecule has 0 heterocycles. The molecule has 0 aliphatic heterocycles. The van der Waals surface area contributed by atoms with E-state index in [1.165, 1.54) is 0 Å². The second-order valence-corrected chi connectivity index (χ2v) is 4.78. The normalized spacial score (nSPS) is 10.6. The summed E-state index contributed by atoms with van der Waals surface area (Å²) in [5.74, 6) is -8.47. The van der Waals surface area contributed by atoms with Crippen LogP contribution >= 0.6 is 15.9 Å². The van der Waals surface area contributed by atoms with E-state index in [9.17, 15) is 26.7 Å². The van der Waals surface area contributed by atoms with E-state index in [1.54, 1.807) is 5.32 Å². The first-order valence-corrected chi connectivity index (χ1v) is 6.20. The minimum absolute atomic E-state index is 0.0226. The van der Waals surface area contributed by atoms with Crippen molar-refractivity contribution in [2.24, 2.45) is 0 Å². The Morgan fingerprint density at radius 1 is 0.905 bits per heavy atom. The second kappa shape index (κ2) is 5.80. The highest BCUT2D eigenvalue weighted by molar-refractivity contribution is 9.10. The van der Waals surface area contributed by atoms with Gasteiger partial charge in [0.05, 0.1) is 4.47 Å². The number of amides is 1. The highest BCUT2D eigenvalue weighted by atomic mass is 79.9. The number of nitrogens with one attached hydrogen (secondary N) is 1. The molecule has 1 amide bonds. The van der Waals surface area contributed by atoms with Crippen LogP contribution < -0.4 is 5.32 Å². The number of hydrogen-bond acceptors (Lipinski definition) is 1. The van der Waals surface area contributed by atoms with Crippen molar-refractivity contribution in [2.45, 2.75) is 0 Å². The summed E-state index contributed by atoms with van der Waals surface area (Å²) < 4.78 is 65.8. The molecular formula is C13H5BrF5NO. The van der Waals surface area contributed by atoms with E-state index >= 15 is 0 Å². The van der Waals surface area contributed by atoms with Gasteiger partial charge in [-0.3, -0.25) is 4.79 Å². The van der Waals surface area contributed by atoms with Crippen molar-refractivity contribution in [1.29, 1.82) is 0 Å². The van der Waals surface area contributed by atoms with Crippen LogP contribution in [0.4, 0.5) is 27.6 Å². The molecule has 2 nitrogen and oxygen atoms in total. The molecule has 0 unspecified atom stereocenters. The summed E-state index contributed by atoms with van der Waals surface area (Å²) in [6.07, 6.45) is 0. The first-order chi connectivity index (χ1) is 9.81. The van der Waals surface area contributed by atoms with Gasteiger partial charge in [-0.05, 0) is 34.1 Å². The third-order valence-corrected chi connectivity index (χ3v) is 3.14. The molecule has 21 heavy (non-hydrogen) atoms. The van der Waals surface area contributed by atoms with E-state index in [1.807, 2.05) is 0 Å². The molecule has 1 N–H and O–H groups in total. The summed E-state index contributed by atoms with van der Waals surface area (Å²) in [7, 11) is 0. The van der Waals surface area contributed by atoms with Crippen molar-refractivity contribution in [2.75, 3.05) is 5.32 Å². The molecule has 0 spiro atoms. The van der Waals surface area contributed by atoms with Gasteiger partial charge in [0, 0.05) is 11.6 Å². The Morgan fingerprint density at radius 3 is 2.00 bits per heavy atom. The lowest BCUT2D eigenvalue weighted by atomic mass is 10.2. The lowest BCUT2D eigenvalue weighted by molar-refractivity contribution is 0.102. The second-order valence-electron chi connectivity index (χ2n) is 3.93. The summed E-state index contributed by atoms with van der Waals surface area (Å²) in [5, 5.41) is 1.71. The standard InChI is InChI=1S/C13H5BrF5NO/c14-6-3-5(1-2-7(6)15)13(21)20-12-10(18)8(16)4-9(17)11(12)19/h1-4H,(H,20,21). The smallest absolute Gasteiger partial charge is 0.255 e. The van der Waals surface area contributed by atoms with Crippen LogP contribution in [0.15, 0.2) is 28.7 Å². The number of benzene rings is 2. The van der Waals surface area contributed by atoms with Crippen molar-refractivity contribution in [1.82, 2.24) is 0 Å². The molecule has 0 saturated carbocycles. The Kier molecular flexibility index (Phi) is 4.26. The highest BCUT2D eigenvalue weighted by Crippen LogP contribution is 2.25. The zero-order valence-corrected chi connectivity index (χ0v) is 11.6. The molecule has 2 rings (SSSR count). The fraction of sp³-hybridized carbons (Fsp3) is 0. The van der Waals surface area contributed by atoms with Gasteiger partial charge in [0.25, 0.3) is 5.91 Å². The molecular weight excluding hydrogens is 361 g/mol. The molecule has 0 saturated heterocycles. The number of carbonyl (C=O) groups is 1. The van der Waals surface area contributed by atoms with Crippen LogP contribution in [-0.2, 0) is 0 Å². The summed E-state index contributed by atoms with van der Waals surface area (Å²) in [4.78, 5) is 11.8. The van der Waals surface area contributed by atoms with Gasteiger partial charge in [0.2, 0.25) is 0 Å². The van der Waals surface area contributed by atoms with Crippen LogP contribution in [0.1, 0.15) is 10.4 Å². The van der Waals surface area contributed by atoms with E-state index in [-0.39, 0.29) is 16.1 Å². The predicted molar refractivity (Wildman–Crippen MR) is 68.3 cm³/mol. The van der Waals surface area contributed by atoms with Gasteiger partial charge in [-0.2, -0.15) is 0 Å². The van der Waals surface area contributed by atoms with Crippen LogP contribution in [0.25, 0.3) is 0 Å². The Labute approximate surface area is 123 Å². The van der Waals surface area contributed by atoms with Crippen LogP contribution in [0, 0.1) is 29.1 Å². The van der Waals surface area contributed by atoms with E-state index in [0.29, 0.717) is 0 Å². The molecule has 2 aromatic carbocycles. The van der Waals surface area contributed by atoms with Crippen molar-refractivity contribution in [3.05, 3.63) is 63.4 Å². The van der Waals surface area contributed by atoms with Gasteiger partial charge in [0.1, 0.15) is 11.5 Å². The summed E-state index contributed by atoms with van der Waals surface area (Å²) in [6.45, 7) is 0. The Hall–Kier alpha value is -1.96. The maximum absolute atomic E-state index is 13.4. The first-order valence-electron chi connectivity index (χ1n) is 5.40. The molecule has 8 heteroatoms. The monoisotopic (exact) mass is 365 g/mol. The summed E-state index contributed by atoms with van der Waals surface area (Å²) in [6, 6.07) is 3.06. The minimum atomic E-state index is -1.73. The van der Waals surface area contributed by atoms with Gasteiger partial charge in [0.15, 0.2) is 23.3 Å². The summed E-state index contributed by atoms with van der Waals surface area (Å²) in [5.41, 5.74) is -1.41. The van der Waals surface area contributed by atoms with E-state index in [0.717, 1.165) is 18.2 Å². The van der Waals surface area contributed by atoms with E-state index < -0.39 is 40.7 Å². The molecule has 110 valence electrons. The molecule has 0 aromatic heterocycles. The van der Waals surface area contributed by atoms with Gasteiger partial charge < -0.3 is 5.32 Å². The van der Waals surface area contributed by atoms with Crippen LogP contribution in [0.5, 0.6) is 0 Å². The van der Waals surface area contributed by atoms with Gasteiger partial charge in [-0.15, -0.1) is 0 Å². The topological polar surface area (TPSA) is 29.1 Å². The molecule has 0 fully saturated rings. The predicted octanol–water partition coefficient (Wildman–Crippen LogP) is 4.40. The van der Waals surface area contributed by atoms with Gasteiger partial charge in [-0.25, -0.2) is 22.0 Å². The Balaban J connectivity index is 2.38. The highest BCUT2D eigenvalue weighted by Gasteiger charge is 2.21. The van der Waals surface area contributed by atoms with Crippen molar-refractivity contribution in [3.8, 4) is 0 Å². The third-order valence-electron chi connectivity index (χ3n) is 2.53. The lowest BCUT2D eigenvalue weighted by Crippen LogP contribution is -2.16. The number of halogens is 6. The van der Waals surface area contributed by atoms with Gasteiger partial charge in [-0.1, -0.05) is 0 Å². The SMILES string of the molecule is O=C(Nc1c(F)c(F)cc(F)c1F)c1ccc(F)c(Br)c1. The maximum Gasteiger partial charge on any atom is 0.255 e. The molecule has 0 atom stereocenters. The number of anilines is 1. The molecule has 0 bridgehead atoms. The fourth-order valence-corrected chi connectivity index (χ4v) is 1.88. The molecule has 0 aliphatic carbocycles. The Bertz CT molecular complexity index is 709. The lowest BCUT2D eigenvalue weighted by Gasteiger charge is -2.09. The third kappa shape index (κ3) is 3.05. The quantitative estimate of drug-likeness (QED) is 0.620. The Morgan fingerprint density at radius 2 is 1.48 bits per heavy atom. The average molecular weight is 366 g/mol.